The van der Waals surface area contributed by atoms with Crippen LogP contribution in [0.2, 0.25) is 0 Å². The smallest absolute Gasteiger partial charge is 0.242 e. The molecule has 6 nitrogen and oxygen atoms in total. The first-order chi connectivity index (χ1) is 13.4. The highest BCUT2D eigenvalue weighted by Gasteiger charge is 2.26. The molecule has 0 aliphatic carbocycles. The van der Waals surface area contributed by atoms with Gasteiger partial charge in [-0.25, -0.2) is 12.7 Å². The number of sulfonamides is 1. The largest absolute Gasteiger partial charge is 0.370 e. The lowest BCUT2D eigenvalue weighted by Crippen LogP contribution is -2.23. The summed E-state index contributed by atoms with van der Waals surface area (Å²) in [5.41, 5.74) is 3.65. The highest BCUT2D eigenvalue weighted by Crippen LogP contribution is 2.37. The number of aromatic nitrogens is 1. The number of hydrogen-bond acceptors (Lipinski definition) is 4. The Bertz CT molecular complexity index is 1140. The molecule has 1 aromatic heterocycles. The average molecular weight is 395 g/mol. The zero-order valence-electron chi connectivity index (χ0n) is 15.9. The molecule has 0 amide bonds. The first-order valence-corrected chi connectivity index (χ1v) is 10.6. The standard InChI is InChI=1S/C21H22N4O2S/c1-24(2)28(26,27)17-7-8-21(25-10-9-15(13-22)14-25)18(12-17)20-11-16-5-3-4-6-19(16)23-20/h3-8,11-12,15,23H,9-10,14H2,1-2H3/t15-/m1/s1. The fourth-order valence-electron chi connectivity index (χ4n) is 3.68. The summed E-state index contributed by atoms with van der Waals surface area (Å²) in [6.45, 7) is 1.44. The second-order valence-electron chi connectivity index (χ2n) is 7.30. The normalized spacial score (nSPS) is 17.4. The van der Waals surface area contributed by atoms with Crippen molar-refractivity contribution in [1.82, 2.24) is 9.29 Å². The van der Waals surface area contributed by atoms with Crippen molar-refractivity contribution >= 4 is 26.6 Å². The van der Waals surface area contributed by atoms with Gasteiger partial charge in [0.1, 0.15) is 0 Å². The summed E-state index contributed by atoms with van der Waals surface area (Å²) < 4.78 is 26.6. The van der Waals surface area contributed by atoms with Gasteiger partial charge in [-0.05, 0) is 36.8 Å². The van der Waals surface area contributed by atoms with Crippen LogP contribution in [-0.2, 0) is 10.0 Å². The Morgan fingerprint density at radius 2 is 1.96 bits per heavy atom. The number of aromatic amines is 1. The van der Waals surface area contributed by atoms with Crippen molar-refractivity contribution in [3.05, 3.63) is 48.5 Å². The van der Waals surface area contributed by atoms with Crippen LogP contribution in [0.15, 0.2) is 53.4 Å². The van der Waals surface area contributed by atoms with Gasteiger partial charge < -0.3 is 9.88 Å². The fourth-order valence-corrected chi connectivity index (χ4v) is 4.61. The molecule has 28 heavy (non-hydrogen) atoms. The van der Waals surface area contributed by atoms with Crippen molar-refractivity contribution < 1.29 is 8.42 Å². The monoisotopic (exact) mass is 394 g/mol. The number of fused-ring (bicyclic) bond motifs is 1. The summed E-state index contributed by atoms with van der Waals surface area (Å²) >= 11 is 0. The maximum atomic E-state index is 12.7. The van der Waals surface area contributed by atoms with E-state index in [9.17, 15) is 13.7 Å². The van der Waals surface area contributed by atoms with Crippen LogP contribution < -0.4 is 4.90 Å². The number of para-hydroxylation sites is 1. The minimum absolute atomic E-state index is 0.000693. The Morgan fingerprint density at radius 1 is 1.18 bits per heavy atom. The summed E-state index contributed by atoms with van der Waals surface area (Å²) in [5, 5.41) is 10.3. The second-order valence-corrected chi connectivity index (χ2v) is 9.45. The van der Waals surface area contributed by atoms with Crippen molar-refractivity contribution in [3.8, 4) is 17.3 Å². The zero-order chi connectivity index (χ0) is 19.9. The van der Waals surface area contributed by atoms with E-state index < -0.39 is 10.0 Å². The number of anilines is 1. The van der Waals surface area contributed by atoms with Crippen LogP contribution in [0.25, 0.3) is 22.2 Å². The van der Waals surface area contributed by atoms with Crippen LogP contribution in [0, 0.1) is 17.2 Å². The lowest BCUT2D eigenvalue weighted by atomic mass is 10.1. The van der Waals surface area contributed by atoms with E-state index in [1.807, 2.05) is 36.4 Å². The van der Waals surface area contributed by atoms with E-state index in [1.54, 1.807) is 12.1 Å². The molecule has 0 spiro atoms. The lowest BCUT2D eigenvalue weighted by molar-refractivity contribution is 0.521. The van der Waals surface area contributed by atoms with Gasteiger partial charge in [-0.1, -0.05) is 18.2 Å². The van der Waals surface area contributed by atoms with Crippen LogP contribution in [0.5, 0.6) is 0 Å². The quantitative estimate of drug-likeness (QED) is 0.735. The SMILES string of the molecule is CN(C)S(=O)(=O)c1ccc(N2CC[C@H](C#N)C2)c(-c2cc3ccccc3[nH]2)c1. The minimum Gasteiger partial charge on any atom is -0.370 e. The van der Waals surface area contributed by atoms with Gasteiger partial charge in [0.15, 0.2) is 0 Å². The van der Waals surface area contributed by atoms with Crippen molar-refractivity contribution in [1.29, 1.82) is 5.26 Å². The topological polar surface area (TPSA) is 80.2 Å². The molecular formula is C21H22N4O2S. The van der Waals surface area contributed by atoms with E-state index >= 15 is 0 Å². The molecule has 2 aromatic carbocycles. The Morgan fingerprint density at radius 3 is 2.64 bits per heavy atom. The van der Waals surface area contributed by atoms with Crippen LogP contribution in [0.4, 0.5) is 5.69 Å². The highest BCUT2D eigenvalue weighted by atomic mass is 32.2. The van der Waals surface area contributed by atoms with Crippen molar-refractivity contribution in [2.75, 3.05) is 32.1 Å². The first kappa shape index (κ1) is 18.5. The van der Waals surface area contributed by atoms with Crippen molar-refractivity contribution in [2.24, 2.45) is 5.92 Å². The van der Waals surface area contributed by atoms with E-state index in [-0.39, 0.29) is 10.8 Å². The van der Waals surface area contributed by atoms with Gasteiger partial charge in [0, 0.05) is 55.0 Å². The molecule has 0 bridgehead atoms. The molecule has 0 radical (unpaired) electrons. The molecule has 1 aliphatic rings. The van der Waals surface area contributed by atoms with Crippen LogP contribution in [-0.4, -0.2) is 44.9 Å². The number of nitrogens with one attached hydrogen (secondary N) is 1. The van der Waals surface area contributed by atoms with Gasteiger partial charge in [-0.2, -0.15) is 5.26 Å². The number of hydrogen-bond donors (Lipinski definition) is 1. The summed E-state index contributed by atoms with van der Waals surface area (Å²) in [7, 11) is -0.481. The van der Waals surface area contributed by atoms with Gasteiger partial charge in [0.25, 0.3) is 0 Å². The number of nitrogens with zero attached hydrogens (tertiary/aromatic N) is 3. The predicted molar refractivity (Wildman–Crippen MR) is 111 cm³/mol. The van der Waals surface area contributed by atoms with E-state index in [0.29, 0.717) is 6.54 Å². The summed E-state index contributed by atoms with van der Waals surface area (Å²) in [6.07, 6.45) is 0.820. The molecular weight excluding hydrogens is 372 g/mol. The molecule has 0 unspecified atom stereocenters. The molecule has 1 aliphatic heterocycles. The van der Waals surface area contributed by atoms with Gasteiger partial charge in [-0.15, -0.1) is 0 Å². The molecule has 7 heteroatoms. The number of H-pyrrole nitrogens is 1. The third kappa shape index (κ3) is 3.15. The highest BCUT2D eigenvalue weighted by molar-refractivity contribution is 7.89. The summed E-state index contributed by atoms with van der Waals surface area (Å²) in [4.78, 5) is 5.83. The van der Waals surface area contributed by atoms with Crippen LogP contribution >= 0.6 is 0 Å². The lowest BCUT2D eigenvalue weighted by Gasteiger charge is -2.22. The third-order valence-corrected chi connectivity index (χ3v) is 7.09. The molecule has 1 fully saturated rings. The Balaban J connectivity index is 1.88. The number of rotatable bonds is 4. The maximum Gasteiger partial charge on any atom is 0.242 e. The van der Waals surface area contributed by atoms with Crippen molar-refractivity contribution in [2.45, 2.75) is 11.3 Å². The van der Waals surface area contributed by atoms with Crippen molar-refractivity contribution in [3.63, 3.8) is 0 Å². The molecule has 4 rings (SSSR count). The molecule has 0 saturated carbocycles. The van der Waals surface area contributed by atoms with E-state index in [1.165, 1.54) is 18.4 Å². The van der Waals surface area contributed by atoms with E-state index in [2.05, 4.69) is 16.0 Å². The molecule has 1 N–H and O–H groups in total. The Kier molecular flexibility index (Phi) is 4.61. The average Bonchev–Trinajstić information content (AvgIpc) is 3.34. The zero-order valence-corrected chi connectivity index (χ0v) is 16.7. The second kappa shape index (κ2) is 6.97. The maximum absolute atomic E-state index is 12.7. The fraction of sp³-hybridized carbons (Fsp3) is 0.286. The first-order valence-electron chi connectivity index (χ1n) is 9.19. The summed E-state index contributed by atoms with van der Waals surface area (Å²) in [5.74, 6) is 0.000693. The van der Waals surface area contributed by atoms with Gasteiger partial charge in [-0.3, -0.25) is 0 Å². The molecule has 144 valence electrons. The molecule has 1 atom stereocenters. The molecule has 3 aromatic rings. The van der Waals surface area contributed by atoms with Gasteiger partial charge in [0.2, 0.25) is 10.0 Å². The van der Waals surface area contributed by atoms with E-state index in [0.717, 1.165) is 40.8 Å². The molecule has 1 saturated heterocycles. The number of benzene rings is 2. The Hall–Kier alpha value is -2.82. The number of nitriles is 1. The predicted octanol–water partition coefficient (Wildman–Crippen LogP) is 3.44. The summed E-state index contributed by atoms with van der Waals surface area (Å²) in [6, 6.07) is 17.6. The van der Waals surface area contributed by atoms with Crippen LogP contribution in [0.3, 0.4) is 0 Å². The minimum atomic E-state index is -3.54. The third-order valence-electron chi connectivity index (χ3n) is 5.28. The van der Waals surface area contributed by atoms with Gasteiger partial charge in [0.05, 0.1) is 16.9 Å². The van der Waals surface area contributed by atoms with Crippen LogP contribution in [0.1, 0.15) is 6.42 Å². The van der Waals surface area contributed by atoms with E-state index in [4.69, 9.17) is 0 Å². The van der Waals surface area contributed by atoms with Gasteiger partial charge >= 0.3 is 0 Å². The molecule has 2 heterocycles. The Labute approximate surface area is 165 Å².